The number of hydrogen-bond donors (Lipinski definition) is 3. The molecular formula is C15H21N3O3. The Morgan fingerprint density at radius 3 is 2.48 bits per heavy atom. The van der Waals surface area contributed by atoms with Gasteiger partial charge in [-0.05, 0) is 24.1 Å². The van der Waals surface area contributed by atoms with Gasteiger partial charge < -0.3 is 16.4 Å². The average molecular weight is 291 g/mol. The van der Waals surface area contributed by atoms with Gasteiger partial charge in [0, 0.05) is 18.2 Å². The second kappa shape index (κ2) is 7.42. The Morgan fingerprint density at radius 1 is 1.29 bits per heavy atom. The molecule has 0 spiro atoms. The highest BCUT2D eigenvalue weighted by Crippen LogP contribution is 2.12. The second-order valence-corrected chi connectivity index (χ2v) is 5.00. The van der Waals surface area contributed by atoms with Gasteiger partial charge in [-0.3, -0.25) is 14.4 Å². The first-order valence-electron chi connectivity index (χ1n) is 6.83. The standard InChI is InChI=1S/C15H21N3O3/c1-4-9(2)13(14(16)20)18-15(21)11-6-5-7-12(8-11)17-10(3)19/h5-9,13H,4H2,1-3H3,(H2,16,20)(H,17,19)(H,18,21)/t9-,13+/m0/s1. The molecule has 0 heterocycles. The highest BCUT2D eigenvalue weighted by molar-refractivity contribution is 5.99. The number of anilines is 1. The maximum absolute atomic E-state index is 12.2. The summed E-state index contributed by atoms with van der Waals surface area (Å²) in [6, 6.07) is 5.77. The van der Waals surface area contributed by atoms with Crippen molar-refractivity contribution in [3.8, 4) is 0 Å². The van der Waals surface area contributed by atoms with Gasteiger partial charge in [0.05, 0.1) is 0 Å². The first-order chi connectivity index (χ1) is 9.85. The van der Waals surface area contributed by atoms with Gasteiger partial charge in [0.1, 0.15) is 6.04 Å². The third kappa shape index (κ3) is 4.91. The van der Waals surface area contributed by atoms with E-state index in [9.17, 15) is 14.4 Å². The fourth-order valence-electron chi connectivity index (χ4n) is 1.90. The molecule has 3 amide bonds. The van der Waals surface area contributed by atoms with Gasteiger partial charge in [-0.1, -0.05) is 26.3 Å². The van der Waals surface area contributed by atoms with E-state index >= 15 is 0 Å². The molecule has 0 saturated heterocycles. The van der Waals surface area contributed by atoms with Crippen LogP contribution < -0.4 is 16.4 Å². The first-order valence-corrected chi connectivity index (χ1v) is 6.83. The van der Waals surface area contributed by atoms with Crippen LogP contribution in [-0.2, 0) is 9.59 Å². The predicted octanol–water partition coefficient (Wildman–Crippen LogP) is 1.27. The molecule has 21 heavy (non-hydrogen) atoms. The number of rotatable bonds is 6. The minimum absolute atomic E-state index is 0.0509. The summed E-state index contributed by atoms with van der Waals surface area (Å²) in [6.07, 6.45) is 0.722. The van der Waals surface area contributed by atoms with E-state index in [2.05, 4.69) is 10.6 Å². The van der Waals surface area contributed by atoms with Crippen LogP contribution >= 0.6 is 0 Å². The normalized spacial score (nSPS) is 13.1. The number of carbonyl (C=O) groups is 3. The summed E-state index contributed by atoms with van der Waals surface area (Å²) in [5, 5.41) is 5.24. The van der Waals surface area contributed by atoms with Crippen LogP contribution in [0.3, 0.4) is 0 Å². The van der Waals surface area contributed by atoms with Gasteiger partial charge in [0.15, 0.2) is 0 Å². The number of amides is 3. The van der Waals surface area contributed by atoms with Gasteiger partial charge in [-0.15, -0.1) is 0 Å². The molecule has 0 bridgehead atoms. The van der Waals surface area contributed by atoms with E-state index in [1.807, 2.05) is 13.8 Å². The van der Waals surface area contributed by atoms with E-state index in [0.29, 0.717) is 11.3 Å². The summed E-state index contributed by atoms with van der Waals surface area (Å²) in [7, 11) is 0. The molecule has 114 valence electrons. The fourth-order valence-corrected chi connectivity index (χ4v) is 1.90. The van der Waals surface area contributed by atoms with Gasteiger partial charge in [0.25, 0.3) is 5.91 Å². The van der Waals surface area contributed by atoms with Gasteiger partial charge in [-0.2, -0.15) is 0 Å². The fraction of sp³-hybridized carbons (Fsp3) is 0.400. The summed E-state index contributed by atoms with van der Waals surface area (Å²) in [5.74, 6) is -1.23. The lowest BCUT2D eigenvalue weighted by atomic mass is 9.98. The number of nitrogens with one attached hydrogen (secondary N) is 2. The molecule has 0 saturated carbocycles. The van der Waals surface area contributed by atoms with Gasteiger partial charge in [-0.25, -0.2) is 0 Å². The number of hydrogen-bond acceptors (Lipinski definition) is 3. The maximum Gasteiger partial charge on any atom is 0.252 e. The summed E-state index contributed by atoms with van der Waals surface area (Å²) < 4.78 is 0. The summed E-state index contributed by atoms with van der Waals surface area (Å²) in [5.41, 5.74) is 6.20. The lowest BCUT2D eigenvalue weighted by Gasteiger charge is -2.21. The minimum atomic E-state index is -0.716. The zero-order valence-corrected chi connectivity index (χ0v) is 12.5. The highest BCUT2D eigenvalue weighted by atomic mass is 16.2. The molecule has 1 rings (SSSR count). The molecule has 0 aliphatic carbocycles. The predicted molar refractivity (Wildman–Crippen MR) is 80.6 cm³/mol. The molecule has 0 radical (unpaired) electrons. The Balaban J connectivity index is 2.87. The lowest BCUT2D eigenvalue weighted by Crippen LogP contribution is -2.48. The Morgan fingerprint density at radius 2 is 1.95 bits per heavy atom. The molecule has 0 unspecified atom stereocenters. The highest BCUT2D eigenvalue weighted by Gasteiger charge is 2.24. The molecule has 0 aliphatic heterocycles. The van der Waals surface area contributed by atoms with Gasteiger partial charge in [0.2, 0.25) is 11.8 Å². The van der Waals surface area contributed by atoms with E-state index in [4.69, 9.17) is 5.73 Å². The maximum atomic E-state index is 12.2. The molecule has 0 aliphatic rings. The number of primary amides is 1. The zero-order chi connectivity index (χ0) is 16.0. The summed E-state index contributed by atoms with van der Waals surface area (Å²) >= 11 is 0. The smallest absolute Gasteiger partial charge is 0.252 e. The van der Waals surface area contributed by atoms with Crippen LogP contribution in [0.15, 0.2) is 24.3 Å². The summed E-state index contributed by atoms with van der Waals surface area (Å²) in [6.45, 7) is 5.16. The third-order valence-corrected chi connectivity index (χ3v) is 3.25. The lowest BCUT2D eigenvalue weighted by molar-refractivity contribution is -0.121. The van der Waals surface area contributed by atoms with E-state index in [1.54, 1.807) is 24.3 Å². The van der Waals surface area contributed by atoms with E-state index in [-0.39, 0.29) is 11.8 Å². The Hall–Kier alpha value is -2.37. The van der Waals surface area contributed by atoms with Crippen molar-refractivity contribution in [2.75, 3.05) is 5.32 Å². The van der Waals surface area contributed by atoms with Crippen LogP contribution in [0.5, 0.6) is 0 Å². The van der Waals surface area contributed by atoms with Crippen LogP contribution in [0.2, 0.25) is 0 Å². The molecule has 6 nitrogen and oxygen atoms in total. The van der Waals surface area contributed by atoms with Crippen LogP contribution in [-0.4, -0.2) is 23.8 Å². The quantitative estimate of drug-likeness (QED) is 0.735. The number of carbonyl (C=O) groups excluding carboxylic acids is 3. The topological polar surface area (TPSA) is 101 Å². The Labute approximate surface area is 124 Å². The number of nitrogens with two attached hydrogens (primary N) is 1. The Kier molecular flexibility index (Phi) is 5.90. The van der Waals surface area contributed by atoms with Crippen LogP contribution in [0.4, 0.5) is 5.69 Å². The zero-order valence-electron chi connectivity index (χ0n) is 12.5. The third-order valence-electron chi connectivity index (χ3n) is 3.25. The van der Waals surface area contributed by atoms with Crippen molar-refractivity contribution in [1.82, 2.24) is 5.32 Å². The molecule has 1 aromatic carbocycles. The largest absolute Gasteiger partial charge is 0.368 e. The molecule has 4 N–H and O–H groups in total. The Bertz CT molecular complexity index is 543. The summed E-state index contributed by atoms with van der Waals surface area (Å²) in [4.78, 5) is 34.6. The minimum Gasteiger partial charge on any atom is -0.368 e. The van der Waals surface area contributed by atoms with Crippen LogP contribution in [0.25, 0.3) is 0 Å². The monoisotopic (exact) mass is 291 g/mol. The molecule has 0 aromatic heterocycles. The SMILES string of the molecule is CC[C@H](C)[C@@H](NC(=O)c1cccc(NC(C)=O)c1)C(N)=O. The van der Waals surface area contributed by atoms with Crippen molar-refractivity contribution in [3.05, 3.63) is 29.8 Å². The van der Waals surface area contributed by atoms with Crippen molar-refractivity contribution in [3.63, 3.8) is 0 Å². The van der Waals surface area contributed by atoms with Crippen LogP contribution in [0, 0.1) is 5.92 Å². The van der Waals surface area contributed by atoms with Crippen molar-refractivity contribution in [1.29, 1.82) is 0 Å². The second-order valence-electron chi connectivity index (χ2n) is 5.00. The molecule has 1 aromatic rings. The van der Waals surface area contributed by atoms with E-state index < -0.39 is 17.9 Å². The van der Waals surface area contributed by atoms with Crippen molar-refractivity contribution in [2.24, 2.45) is 11.7 Å². The van der Waals surface area contributed by atoms with Gasteiger partial charge >= 0.3 is 0 Å². The number of benzene rings is 1. The van der Waals surface area contributed by atoms with Crippen molar-refractivity contribution < 1.29 is 14.4 Å². The molecule has 0 fully saturated rings. The van der Waals surface area contributed by atoms with E-state index in [0.717, 1.165) is 6.42 Å². The van der Waals surface area contributed by atoms with E-state index in [1.165, 1.54) is 6.92 Å². The van der Waals surface area contributed by atoms with Crippen LogP contribution in [0.1, 0.15) is 37.6 Å². The van der Waals surface area contributed by atoms with Crippen molar-refractivity contribution in [2.45, 2.75) is 33.2 Å². The molecule has 2 atom stereocenters. The van der Waals surface area contributed by atoms with Crippen molar-refractivity contribution >= 4 is 23.4 Å². The molecular weight excluding hydrogens is 270 g/mol. The molecule has 6 heteroatoms. The average Bonchev–Trinajstić information content (AvgIpc) is 2.42. The first kappa shape index (κ1) is 16.7.